The lowest BCUT2D eigenvalue weighted by molar-refractivity contribution is -0.384. The van der Waals surface area contributed by atoms with Crippen LogP contribution in [-0.2, 0) is 0 Å². The number of nitro benzene ring substituents is 1. The number of halogens is 1. The first kappa shape index (κ1) is 14.9. The number of carbonyl (C=O) groups is 1. The Kier molecular flexibility index (Phi) is 4.72. The quantitative estimate of drug-likeness (QED) is 0.514. The number of carbonyl (C=O) groups excluding carboxylic acids is 1. The van der Waals surface area contributed by atoms with Crippen LogP contribution in [0.3, 0.4) is 0 Å². The zero-order valence-corrected chi connectivity index (χ0v) is 12.2. The van der Waals surface area contributed by atoms with Crippen LogP contribution in [0.5, 0.6) is 0 Å². The van der Waals surface area contributed by atoms with Crippen molar-refractivity contribution >= 4 is 40.6 Å². The molecule has 1 aliphatic rings. The Balaban J connectivity index is 2.35. The molecule has 0 unspecified atom stereocenters. The molecule has 1 aromatic carbocycles. The molecule has 1 aliphatic heterocycles. The van der Waals surface area contributed by atoms with Gasteiger partial charge >= 0.3 is 0 Å². The van der Waals surface area contributed by atoms with Crippen LogP contribution in [0.4, 0.5) is 11.4 Å². The van der Waals surface area contributed by atoms with Crippen LogP contribution >= 0.6 is 23.4 Å². The summed E-state index contributed by atoms with van der Waals surface area (Å²) in [5, 5.41) is 10.9. The van der Waals surface area contributed by atoms with E-state index in [9.17, 15) is 14.9 Å². The molecule has 1 fully saturated rings. The average Bonchev–Trinajstić information content (AvgIpc) is 2.69. The van der Waals surface area contributed by atoms with E-state index in [0.29, 0.717) is 13.1 Å². The number of nitrogens with zero attached hydrogens (tertiary/aromatic N) is 2. The summed E-state index contributed by atoms with van der Waals surface area (Å²) in [4.78, 5) is 24.4. The Labute approximate surface area is 125 Å². The molecular weight excluding hydrogens is 302 g/mol. The molecule has 0 radical (unpaired) electrons. The van der Waals surface area contributed by atoms with Crippen molar-refractivity contribution in [3.05, 3.63) is 32.8 Å². The first-order chi connectivity index (χ1) is 9.50. The molecule has 0 bridgehead atoms. The topological polar surface area (TPSA) is 89.5 Å². The Morgan fingerprint density at radius 1 is 1.40 bits per heavy atom. The summed E-state index contributed by atoms with van der Waals surface area (Å²) in [6.45, 7) is 1.24. The van der Waals surface area contributed by atoms with E-state index in [1.165, 1.54) is 6.07 Å². The summed E-state index contributed by atoms with van der Waals surface area (Å²) < 4.78 is 0. The number of nitrogen functional groups attached to an aromatic ring is 1. The summed E-state index contributed by atoms with van der Waals surface area (Å²) in [6, 6.07) is 2.35. The van der Waals surface area contributed by atoms with Crippen molar-refractivity contribution < 1.29 is 9.72 Å². The van der Waals surface area contributed by atoms with Crippen LogP contribution in [0.2, 0.25) is 5.02 Å². The van der Waals surface area contributed by atoms with E-state index < -0.39 is 4.92 Å². The largest absolute Gasteiger partial charge is 0.397 e. The normalized spacial score (nSPS) is 15.8. The maximum Gasteiger partial charge on any atom is 0.271 e. The van der Waals surface area contributed by atoms with Gasteiger partial charge in [-0.2, -0.15) is 11.8 Å². The summed E-state index contributed by atoms with van der Waals surface area (Å²) in [5.41, 5.74) is 5.77. The van der Waals surface area contributed by atoms with Gasteiger partial charge in [-0.3, -0.25) is 14.9 Å². The molecular formula is C12H14ClN3O3S. The summed E-state index contributed by atoms with van der Waals surface area (Å²) in [5.74, 6) is 1.57. The molecule has 6 nitrogen and oxygen atoms in total. The first-order valence-corrected chi connectivity index (χ1v) is 7.64. The molecule has 2 rings (SSSR count). The van der Waals surface area contributed by atoms with Crippen LogP contribution in [0.25, 0.3) is 0 Å². The van der Waals surface area contributed by atoms with Crippen LogP contribution in [0, 0.1) is 10.1 Å². The lowest BCUT2D eigenvalue weighted by Gasteiger charge is -2.21. The third-order valence-electron chi connectivity index (χ3n) is 3.06. The third kappa shape index (κ3) is 3.16. The van der Waals surface area contributed by atoms with Gasteiger partial charge in [-0.15, -0.1) is 0 Å². The first-order valence-electron chi connectivity index (χ1n) is 6.11. The molecule has 0 atom stereocenters. The predicted molar refractivity (Wildman–Crippen MR) is 80.4 cm³/mol. The van der Waals surface area contributed by atoms with Crippen LogP contribution in [0.15, 0.2) is 12.1 Å². The van der Waals surface area contributed by atoms with E-state index >= 15 is 0 Å². The van der Waals surface area contributed by atoms with Gasteiger partial charge in [0.05, 0.1) is 21.2 Å². The summed E-state index contributed by atoms with van der Waals surface area (Å²) in [7, 11) is 0. The third-order valence-corrected chi connectivity index (χ3v) is 4.43. The Hall–Kier alpha value is -1.47. The fraction of sp³-hybridized carbons (Fsp3) is 0.417. The highest BCUT2D eigenvalue weighted by Crippen LogP contribution is 2.30. The number of hydrogen-bond donors (Lipinski definition) is 1. The van der Waals surface area contributed by atoms with Crippen LogP contribution in [-0.4, -0.2) is 40.3 Å². The number of thioether (sulfide) groups is 1. The second-order valence-corrected chi connectivity index (χ2v) is 6.04. The van der Waals surface area contributed by atoms with E-state index in [4.69, 9.17) is 17.3 Å². The monoisotopic (exact) mass is 315 g/mol. The van der Waals surface area contributed by atoms with Crippen molar-refractivity contribution in [1.82, 2.24) is 4.90 Å². The Bertz CT molecular complexity index is 545. The maximum atomic E-state index is 12.5. The molecule has 1 amide bonds. The molecule has 1 heterocycles. The lowest BCUT2D eigenvalue weighted by atomic mass is 10.1. The molecule has 0 aromatic heterocycles. The fourth-order valence-electron chi connectivity index (χ4n) is 2.01. The lowest BCUT2D eigenvalue weighted by Crippen LogP contribution is -2.33. The van der Waals surface area contributed by atoms with Gasteiger partial charge in [0.2, 0.25) is 0 Å². The van der Waals surface area contributed by atoms with E-state index in [2.05, 4.69) is 0 Å². The van der Waals surface area contributed by atoms with Crippen molar-refractivity contribution in [3.63, 3.8) is 0 Å². The predicted octanol–water partition coefficient (Wildman–Crippen LogP) is 2.41. The Morgan fingerprint density at radius 2 is 2.15 bits per heavy atom. The van der Waals surface area contributed by atoms with Gasteiger partial charge < -0.3 is 10.6 Å². The number of rotatable bonds is 2. The minimum absolute atomic E-state index is 0.0340. The highest BCUT2D eigenvalue weighted by molar-refractivity contribution is 7.99. The van der Waals surface area contributed by atoms with Gasteiger partial charge in [-0.1, -0.05) is 11.6 Å². The minimum atomic E-state index is -0.583. The smallest absolute Gasteiger partial charge is 0.271 e. The standard InChI is InChI=1S/C12H14ClN3O3S/c13-10-7-8(16(18)19)6-9(11(10)14)12(17)15-2-1-4-20-5-3-15/h6-7H,1-5,14H2. The van der Waals surface area contributed by atoms with Crippen molar-refractivity contribution in [2.24, 2.45) is 0 Å². The molecule has 8 heteroatoms. The molecule has 108 valence electrons. The van der Waals surface area contributed by atoms with E-state index in [1.807, 2.05) is 0 Å². The highest BCUT2D eigenvalue weighted by Gasteiger charge is 2.23. The number of benzene rings is 1. The molecule has 0 saturated carbocycles. The van der Waals surface area contributed by atoms with E-state index in [1.54, 1.807) is 16.7 Å². The van der Waals surface area contributed by atoms with Gasteiger partial charge in [0, 0.05) is 31.0 Å². The Morgan fingerprint density at radius 3 is 2.85 bits per heavy atom. The zero-order valence-electron chi connectivity index (χ0n) is 10.7. The highest BCUT2D eigenvalue weighted by atomic mass is 35.5. The molecule has 1 saturated heterocycles. The maximum absolute atomic E-state index is 12.5. The molecule has 2 N–H and O–H groups in total. The number of nitro groups is 1. The zero-order chi connectivity index (χ0) is 14.7. The van der Waals surface area contributed by atoms with Gasteiger partial charge in [0.25, 0.3) is 11.6 Å². The van der Waals surface area contributed by atoms with Crippen molar-refractivity contribution in [3.8, 4) is 0 Å². The van der Waals surface area contributed by atoms with Crippen LogP contribution < -0.4 is 5.73 Å². The number of amides is 1. The van der Waals surface area contributed by atoms with Crippen molar-refractivity contribution in [1.29, 1.82) is 0 Å². The number of hydrogen-bond acceptors (Lipinski definition) is 5. The summed E-state index contributed by atoms with van der Waals surface area (Å²) in [6.07, 6.45) is 0.902. The van der Waals surface area contributed by atoms with E-state index in [-0.39, 0.29) is 27.9 Å². The number of nitrogens with two attached hydrogens (primary N) is 1. The van der Waals surface area contributed by atoms with Gasteiger partial charge in [-0.05, 0) is 12.2 Å². The second-order valence-electron chi connectivity index (χ2n) is 4.40. The second kappa shape index (κ2) is 6.32. The fourth-order valence-corrected chi connectivity index (χ4v) is 3.11. The minimum Gasteiger partial charge on any atom is -0.397 e. The molecule has 20 heavy (non-hydrogen) atoms. The molecule has 0 aliphatic carbocycles. The average molecular weight is 316 g/mol. The summed E-state index contributed by atoms with van der Waals surface area (Å²) >= 11 is 7.66. The molecule has 1 aromatic rings. The SMILES string of the molecule is Nc1c(Cl)cc([N+](=O)[O-])cc1C(=O)N1CCCSCC1. The molecule has 0 spiro atoms. The number of non-ortho nitro benzene ring substituents is 1. The van der Waals surface area contributed by atoms with Crippen molar-refractivity contribution in [2.45, 2.75) is 6.42 Å². The van der Waals surface area contributed by atoms with E-state index in [0.717, 1.165) is 24.0 Å². The van der Waals surface area contributed by atoms with Crippen LogP contribution in [0.1, 0.15) is 16.8 Å². The number of anilines is 1. The van der Waals surface area contributed by atoms with Gasteiger partial charge in [0.1, 0.15) is 0 Å². The van der Waals surface area contributed by atoms with Gasteiger partial charge in [-0.25, -0.2) is 0 Å². The van der Waals surface area contributed by atoms with Crippen molar-refractivity contribution in [2.75, 3.05) is 30.3 Å². The van der Waals surface area contributed by atoms with Gasteiger partial charge in [0.15, 0.2) is 0 Å².